The van der Waals surface area contributed by atoms with Gasteiger partial charge in [0.25, 0.3) is 0 Å². The maximum absolute atomic E-state index is 12.3. The summed E-state index contributed by atoms with van der Waals surface area (Å²) in [4.78, 5) is 14.8. The normalized spacial score (nSPS) is 16.5. The summed E-state index contributed by atoms with van der Waals surface area (Å²) in [5, 5.41) is 3.18. The van der Waals surface area contributed by atoms with E-state index in [2.05, 4.69) is 24.1 Å². The van der Waals surface area contributed by atoms with Gasteiger partial charge in [0, 0.05) is 32.1 Å². The van der Waals surface area contributed by atoms with Gasteiger partial charge in [-0.25, -0.2) is 0 Å². The summed E-state index contributed by atoms with van der Waals surface area (Å²) in [6, 6.07) is 8.32. The zero-order valence-electron chi connectivity index (χ0n) is 16.5. The molecular weight excluding hydrogens is 328 g/mol. The van der Waals surface area contributed by atoms with Gasteiger partial charge in [-0.2, -0.15) is 0 Å². The summed E-state index contributed by atoms with van der Waals surface area (Å²) < 4.78 is 10.7. The van der Waals surface area contributed by atoms with Crippen LogP contribution in [0.3, 0.4) is 0 Å². The molecule has 0 saturated carbocycles. The molecule has 26 heavy (non-hydrogen) atoms. The predicted molar refractivity (Wildman–Crippen MR) is 105 cm³/mol. The van der Waals surface area contributed by atoms with Crippen LogP contribution < -0.4 is 10.1 Å². The van der Waals surface area contributed by atoms with Crippen LogP contribution in [0.5, 0.6) is 5.75 Å². The predicted octanol–water partition coefficient (Wildman–Crippen LogP) is 2.88. The summed E-state index contributed by atoms with van der Waals surface area (Å²) in [6.07, 6.45) is 3.55. The van der Waals surface area contributed by atoms with Crippen molar-refractivity contribution in [2.75, 3.05) is 40.0 Å². The maximum Gasteiger partial charge on any atom is 0.220 e. The molecule has 1 atom stereocenters. The van der Waals surface area contributed by atoms with Crippen molar-refractivity contribution >= 4 is 5.91 Å². The molecular formula is C21H34N2O3. The minimum atomic E-state index is 0.130. The molecule has 1 heterocycles. The third-order valence-corrected chi connectivity index (χ3v) is 5.42. The van der Waals surface area contributed by atoms with E-state index >= 15 is 0 Å². The standard InChI is InChI=1S/C21H34N2O3/c1-4-18(5-2)20(23-12-14-26-15-13-23)16-22-21(24)11-8-17-6-9-19(25-3)10-7-17/h6-7,9-10,18,20H,4-5,8,11-16H2,1-3H3,(H,22,24). The lowest BCUT2D eigenvalue weighted by Crippen LogP contribution is -2.52. The fraction of sp³-hybridized carbons (Fsp3) is 0.667. The molecule has 2 rings (SSSR count). The van der Waals surface area contributed by atoms with Gasteiger partial charge in [0.2, 0.25) is 5.91 Å². The van der Waals surface area contributed by atoms with E-state index in [1.165, 1.54) is 0 Å². The largest absolute Gasteiger partial charge is 0.497 e. The Labute approximate surface area is 158 Å². The summed E-state index contributed by atoms with van der Waals surface area (Å²) >= 11 is 0. The van der Waals surface area contributed by atoms with Crippen LogP contribution in [0.1, 0.15) is 38.7 Å². The number of hydrogen-bond donors (Lipinski definition) is 1. The lowest BCUT2D eigenvalue weighted by Gasteiger charge is -2.38. The topological polar surface area (TPSA) is 50.8 Å². The Hall–Kier alpha value is -1.59. The zero-order chi connectivity index (χ0) is 18.8. The van der Waals surface area contributed by atoms with Crippen LogP contribution in [0.15, 0.2) is 24.3 Å². The Morgan fingerprint density at radius 1 is 1.19 bits per heavy atom. The highest BCUT2D eigenvalue weighted by molar-refractivity contribution is 5.76. The summed E-state index contributed by atoms with van der Waals surface area (Å²) in [5.41, 5.74) is 1.16. The van der Waals surface area contributed by atoms with Crippen molar-refractivity contribution in [2.24, 2.45) is 5.92 Å². The van der Waals surface area contributed by atoms with Crippen LogP contribution in [0.4, 0.5) is 0 Å². The quantitative estimate of drug-likeness (QED) is 0.695. The van der Waals surface area contributed by atoms with Gasteiger partial charge >= 0.3 is 0 Å². The summed E-state index contributed by atoms with van der Waals surface area (Å²) in [5.74, 6) is 1.58. The van der Waals surface area contributed by atoms with E-state index in [1.54, 1.807) is 7.11 Å². The highest BCUT2D eigenvalue weighted by Gasteiger charge is 2.27. The first-order valence-electron chi connectivity index (χ1n) is 9.89. The third-order valence-electron chi connectivity index (χ3n) is 5.42. The van der Waals surface area contributed by atoms with Gasteiger partial charge in [-0.05, 0) is 30.0 Å². The molecule has 1 aliphatic rings. The van der Waals surface area contributed by atoms with E-state index < -0.39 is 0 Å². The molecule has 0 bridgehead atoms. The van der Waals surface area contributed by atoms with E-state index in [9.17, 15) is 4.79 Å². The van der Waals surface area contributed by atoms with Crippen molar-refractivity contribution in [3.05, 3.63) is 29.8 Å². The third kappa shape index (κ3) is 6.29. The van der Waals surface area contributed by atoms with Gasteiger partial charge in [-0.15, -0.1) is 0 Å². The van der Waals surface area contributed by atoms with Gasteiger partial charge in [0.1, 0.15) is 5.75 Å². The summed E-state index contributed by atoms with van der Waals surface area (Å²) in [7, 11) is 1.66. The van der Waals surface area contributed by atoms with Gasteiger partial charge < -0.3 is 14.8 Å². The molecule has 1 aromatic rings. The number of methoxy groups -OCH3 is 1. The van der Waals surface area contributed by atoms with E-state index in [0.717, 1.165) is 63.4 Å². The molecule has 146 valence electrons. The minimum Gasteiger partial charge on any atom is -0.497 e. The molecule has 0 aromatic heterocycles. The molecule has 5 nitrogen and oxygen atoms in total. The molecule has 1 unspecified atom stereocenters. The fourth-order valence-corrected chi connectivity index (χ4v) is 3.69. The Bertz CT molecular complexity index is 523. The molecule has 1 aliphatic heterocycles. The summed E-state index contributed by atoms with van der Waals surface area (Å²) in [6.45, 7) is 8.73. The Morgan fingerprint density at radius 3 is 2.42 bits per heavy atom. The first-order valence-corrected chi connectivity index (χ1v) is 9.89. The van der Waals surface area contributed by atoms with Gasteiger partial charge in [0.15, 0.2) is 0 Å². The monoisotopic (exact) mass is 362 g/mol. The number of amides is 1. The zero-order valence-corrected chi connectivity index (χ0v) is 16.5. The Kier molecular flexibility index (Phi) is 8.92. The van der Waals surface area contributed by atoms with Gasteiger partial charge in [0.05, 0.1) is 20.3 Å². The average molecular weight is 363 g/mol. The number of nitrogens with one attached hydrogen (secondary N) is 1. The second-order valence-electron chi connectivity index (χ2n) is 6.94. The Balaban J connectivity index is 1.82. The van der Waals surface area contributed by atoms with E-state index in [-0.39, 0.29) is 5.91 Å². The molecule has 0 radical (unpaired) electrons. The number of morpholine rings is 1. The number of carbonyl (C=O) groups excluding carboxylic acids is 1. The minimum absolute atomic E-state index is 0.130. The first kappa shape index (κ1) is 20.7. The van der Waals surface area contributed by atoms with Crippen molar-refractivity contribution < 1.29 is 14.3 Å². The fourth-order valence-electron chi connectivity index (χ4n) is 3.69. The number of benzene rings is 1. The van der Waals surface area contributed by atoms with Crippen molar-refractivity contribution in [3.63, 3.8) is 0 Å². The van der Waals surface area contributed by atoms with Crippen LogP contribution in [-0.2, 0) is 16.0 Å². The maximum atomic E-state index is 12.3. The van der Waals surface area contributed by atoms with Crippen LogP contribution in [0.2, 0.25) is 0 Å². The number of nitrogens with zero attached hydrogens (tertiary/aromatic N) is 1. The van der Waals surface area contributed by atoms with E-state index in [0.29, 0.717) is 18.4 Å². The van der Waals surface area contributed by atoms with Crippen molar-refractivity contribution in [3.8, 4) is 5.75 Å². The number of hydrogen-bond acceptors (Lipinski definition) is 4. The number of rotatable bonds is 10. The number of ether oxygens (including phenoxy) is 2. The first-order chi connectivity index (χ1) is 12.7. The number of aryl methyl sites for hydroxylation is 1. The molecule has 1 amide bonds. The second-order valence-corrected chi connectivity index (χ2v) is 6.94. The van der Waals surface area contributed by atoms with Gasteiger partial charge in [-0.3, -0.25) is 9.69 Å². The Morgan fingerprint density at radius 2 is 1.85 bits per heavy atom. The van der Waals surface area contributed by atoms with Crippen LogP contribution in [0, 0.1) is 5.92 Å². The van der Waals surface area contributed by atoms with E-state index in [4.69, 9.17) is 9.47 Å². The average Bonchev–Trinajstić information content (AvgIpc) is 2.70. The highest BCUT2D eigenvalue weighted by Crippen LogP contribution is 2.19. The molecule has 0 aliphatic carbocycles. The molecule has 1 N–H and O–H groups in total. The molecule has 5 heteroatoms. The van der Waals surface area contributed by atoms with Crippen LogP contribution in [0.25, 0.3) is 0 Å². The molecule has 0 spiro atoms. The molecule has 1 aromatic carbocycles. The van der Waals surface area contributed by atoms with Crippen LogP contribution in [-0.4, -0.2) is 56.8 Å². The van der Waals surface area contributed by atoms with Crippen molar-refractivity contribution in [1.29, 1.82) is 0 Å². The lowest BCUT2D eigenvalue weighted by atomic mass is 9.92. The molecule has 1 saturated heterocycles. The van der Waals surface area contributed by atoms with Gasteiger partial charge in [-0.1, -0.05) is 38.8 Å². The van der Waals surface area contributed by atoms with E-state index in [1.807, 2.05) is 24.3 Å². The number of carbonyl (C=O) groups is 1. The van der Waals surface area contributed by atoms with Crippen molar-refractivity contribution in [2.45, 2.75) is 45.6 Å². The second kappa shape index (κ2) is 11.2. The highest BCUT2D eigenvalue weighted by atomic mass is 16.5. The molecule has 1 fully saturated rings. The lowest BCUT2D eigenvalue weighted by molar-refractivity contribution is -0.121. The van der Waals surface area contributed by atoms with Crippen LogP contribution >= 0.6 is 0 Å². The smallest absolute Gasteiger partial charge is 0.220 e. The SMILES string of the molecule is CCC(CC)C(CNC(=O)CCc1ccc(OC)cc1)N1CCOCC1. The van der Waals surface area contributed by atoms with Crippen molar-refractivity contribution in [1.82, 2.24) is 10.2 Å².